The van der Waals surface area contributed by atoms with Gasteiger partial charge in [-0.15, -0.1) is 17.0 Å². The first kappa shape index (κ1) is 9.52. The Labute approximate surface area is 76.9 Å². The lowest BCUT2D eigenvalue weighted by atomic mass is 10.6. The molecule has 0 aliphatic carbocycles. The van der Waals surface area contributed by atoms with Crippen molar-refractivity contribution in [1.82, 2.24) is 0 Å². The van der Waals surface area contributed by atoms with Gasteiger partial charge in [0.15, 0.2) is 5.17 Å². The second-order valence-electron chi connectivity index (χ2n) is 1.34. The number of hydrogen-bond acceptors (Lipinski definition) is 3. The maximum atomic E-state index is 5.35. The van der Waals surface area contributed by atoms with Crippen LogP contribution in [-0.4, -0.2) is 10.9 Å². The van der Waals surface area contributed by atoms with Crippen LogP contribution in [0.5, 0.6) is 0 Å². The summed E-state index contributed by atoms with van der Waals surface area (Å²) in [5, 5.41) is 0.663. The summed E-state index contributed by atoms with van der Waals surface area (Å²) >= 11 is 4.73. The van der Waals surface area contributed by atoms with Crippen LogP contribution < -0.4 is 5.73 Å². The number of halogens is 2. The van der Waals surface area contributed by atoms with Crippen LogP contribution in [0.15, 0.2) is 15.7 Å². The standard InChI is InChI=1S/C4H5BrN2S.BrH/c5-1-3-2-8-4(6)7-3;/h1H,2H2,(H2,6,7);1H. The minimum Gasteiger partial charge on any atom is -0.378 e. The number of amidine groups is 1. The summed E-state index contributed by atoms with van der Waals surface area (Å²) in [6.45, 7) is 0. The zero-order valence-corrected chi connectivity index (χ0v) is 8.62. The van der Waals surface area contributed by atoms with Crippen molar-refractivity contribution in [3.8, 4) is 0 Å². The molecule has 0 aromatic heterocycles. The molecule has 0 radical (unpaired) electrons. The van der Waals surface area contributed by atoms with Gasteiger partial charge in [0.25, 0.3) is 0 Å². The van der Waals surface area contributed by atoms with Crippen LogP contribution in [-0.2, 0) is 0 Å². The Bertz CT molecular complexity index is 155. The van der Waals surface area contributed by atoms with Crippen LogP contribution in [0.2, 0.25) is 0 Å². The Hall–Kier alpha value is 0.520. The van der Waals surface area contributed by atoms with E-state index in [1.54, 1.807) is 16.7 Å². The van der Waals surface area contributed by atoms with E-state index in [0.717, 1.165) is 11.4 Å². The Kier molecular flexibility index (Phi) is 4.61. The van der Waals surface area contributed by atoms with Gasteiger partial charge in [0.2, 0.25) is 0 Å². The number of aliphatic imine (C=N–C) groups is 1. The molecule has 5 heteroatoms. The summed E-state index contributed by atoms with van der Waals surface area (Å²) in [5.41, 5.74) is 6.36. The predicted molar refractivity (Wildman–Crippen MR) is 51.4 cm³/mol. The third-order valence-corrected chi connectivity index (χ3v) is 2.10. The zero-order chi connectivity index (χ0) is 5.98. The molecule has 0 amide bonds. The molecule has 9 heavy (non-hydrogen) atoms. The smallest absolute Gasteiger partial charge is 0.159 e. The summed E-state index contributed by atoms with van der Waals surface area (Å²) in [7, 11) is 0. The molecule has 0 saturated heterocycles. The molecule has 0 aromatic rings. The topological polar surface area (TPSA) is 38.4 Å². The fourth-order valence-electron chi connectivity index (χ4n) is 0.410. The molecule has 1 rings (SSSR count). The van der Waals surface area contributed by atoms with Crippen molar-refractivity contribution >= 4 is 49.8 Å². The fraction of sp³-hybridized carbons (Fsp3) is 0.250. The number of thioether (sulfide) groups is 1. The predicted octanol–water partition coefficient (Wildman–Crippen LogP) is 1.86. The molecule has 0 unspecified atom stereocenters. The molecule has 1 aliphatic heterocycles. The summed E-state index contributed by atoms with van der Waals surface area (Å²) in [6.07, 6.45) is 0. The molecule has 1 heterocycles. The largest absolute Gasteiger partial charge is 0.378 e. The lowest BCUT2D eigenvalue weighted by Crippen LogP contribution is -2.00. The first-order valence-corrected chi connectivity index (χ1v) is 3.99. The maximum Gasteiger partial charge on any atom is 0.159 e. The van der Waals surface area contributed by atoms with E-state index in [9.17, 15) is 0 Å². The first-order chi connectivity index (χ1) is 3.83. The molecule has 0 fully saturated rings. The molecule has 0 atom stereocenters. The van der Waals surface area contributed by atoms with Gasteiger partial charge in [0.05, 0.1) is 5.70 Å². The molecule has 0 aromatic carbocycles. The molecule has 0 saturated carbocycles. The average molecular weight is 274 g/mol. The fourth-order valence-corrected chi connectivity index (χ4v) is 1.51. The third kappa shape index (κ3) is 2.73. The highest BCUT2D eigenvalue weighted by molar-refractivity contribution is 9.11. The molecule has 0 spiro atoms. The van der Waals surface area contributed by atoms with Gasteiger partial charge in [-0.05, 0) is 0 Å². The second kappa shape index (κ2) is 4.35. The van der Waals surface area contributed by atoms with Crippen molar-refractivity contribution < 1.29 is 0 Å². The van der Waals surface area contributed by atoms with Gasteiger partial charge in [0.1, 0.15) is 0 Å². The molecule has 2 N–H and O–H groups in total. The summed E-state index contributed by atoms with van der Waals surface area (Å²) in [5.74, 6) is 0.900. The van der Waals surface area contributed by atoms with E-state index in [-0.39, 0.29) is 17.0 Å². The van der Waals surface area contributed by atoms with E-state index >= 15 is 0 Å². The average Bonchev–Trinajstić information content (AvgIpc) is 2.14. The Morgan fingerprint density at radius 3 is 2.67 bits per heavy atom. The summed E-state index contributed by atoms with van der Waals surface area (Å²) in [4.78, 5) is 5.77. The van der Waals surface area contributed by atoms with Crippen LogP contribution in [0.3, 0.4) is 0 Å². The lowest BCUT2D eigenvalue weighted by Gasteiger charge is -1.79. The quantitative estimate of drug-likeness (QED) is 0.732. The second-order valence-corrected chi connectivity index (χ2v) is 2.79. The van der Waals surface area contributed by atoms with E-state index < -0.39 is 0 Å². The lowest BCUT2D eigenvalue weighted by molar-refractivity contribution is 1.36. The highest BCUT2D eigenvalue weighted by atomic mass is 79.9. The monoisotopic (exact) mass is 272 g/mol. The van der Waals surface area contributed by atoms with Crippen LogP contribution in [0.4, 0.5) is 0 Å². The first-order valence-electron chi connectivity index (χ1n) is 2.09. The van der Waals surface area contributed by atoms with Crippen LogP contribution >= 0.6 is 44.7 Å². The Morgan fingerprint density at radius 2 is 2.44 bits per heavy atom. The van der Waals surface area contributed by atoms with E-state index in [2.05, 4.69) is 20.9 Å². The minimum atomic E-state index is 0. The van der Waals surface area contributed by atoms with Crippen LogP contribution in [0.25, 0.3) is 0 Å². The number of rotatable bonds is 0. The summed E-state index contributed by atoms with van der Waals surface area (Å²) in [6, 6.07) is 0. The molecule has 1 aliphatic rings. The van der Waals surface area contributed by atoms with Crippen molar-refractivity contribution in [2.24, 2.45) is 10.7 Å². The van der Waals surface area contributed by atoms with Gasteiger partial charge in [-0.1, -0.05) is 27.7 Å². The van der Waals surface area contributed by atoms with Crippen molar-refractivity contribution in [3.63, 3.8) is 0 Å². The Balaban J connectivity index is 0.000000640. The van der Waals surface area contributed by atoms with E-state index in [1.807, 2.05) is 0 Å². The zero-order valence-electron chi connectivity index (χ0n) is 4.50. The third-order valence-electron chi connectivity index (χ3n) is 0.748. The van der Waals surface area contributed by atoms with Crippen molar-refractivity contribution in [3.05, 3.63) is 10.7 Å². The molecular formula is C4H6Br2N2S. The molecule has 52 valence electrons. The van der Waals surface area contributed by atoms with Crippen molar-refractivity contribution in [2.75, 3.05) is 5.75 Å². The van der Waals surface area contributed by atoms with Gasteiger partial charge < -0.3 is 5.73 Å². The molecule has 0 bridgehead atoms. The van der Waals surface area contributed by atoms with Gasteiger partial charge in [-0.25, -0.2) is 4.99 Å². The van der Waals surface area contributed by atoms with E-state index in [0.29, 0.717) is 5.17 Å². The van der Waals surface area contributed by atoms with Gasteiger partial charge in [-0.3, -0.25) is 0 Å². The summed E-state index contributed by atoms with van der Waals surface area (Å²) < 4.78 is 0. The molecule has 2 nitrogen and oxygen atoms in total. The van der Waals surface area contributed by atoms with E-state index in [1.165, 1.54) is 0 Å². The van der Waals surface area contributed by atoms with E-state index in [4.69, 9.17) is 5.73 Å². The highest BCUT2D eigenvalue weighted by Gasteiger charge is 2.05. The Morgan fingerprint density at radius 1 is 1.78 bits per heavy atom. The van der Waals surface area contributed by atoms with Gasteiger partial charge >= 0.3 is 0 Å². The number of nitrogens with zero attached hydrogens (tertiary/aromatic N) is 1. The number of nitrogens with two attached hydrogens (primary N) is 1. The van der Waals surface area contributed by atoms with Crippen LogP contribution in [0, 0.1) is 0 Å². The normalized spacial score (nSPS) is 21.4. The van der Waals surface area contributed by atoms with Crippen molar-refractivity contribution in [2.45, 2.75) is 0 Å². The molecular weight excluding hydrogens is 268 g/mol. The van der Waals surface area contributed by atoms with Crippen LogP contribution in [0.1, 0.15) is 0 Å². The SMILES string of the molecule is Br.NC1=NC(=CBr)CS1. The minimum absolute atomic E-state index is 0. The van der Waals surface area contributed by atoms with Gasteiger partial charge in [0, 0.05) is 10.7 Å². The maximum absolute atomic E-state index is 5.35. The highest BCUT2D eigenvalue weighted by Crippen LogP contribution is 2.18. The van der Waals surface area contributed by atoms with Gasteiger partial charge in [-0.2, -0.15) is 0 Å². The number of hydrogen-bond donors (Lipinski definition) is 1. The van der Waals surface area contributed by atoms with Crippen molar-refractivity contribution in [1.29, 1.82) is 0 Å².